The fraction of sp³-hybridized carbons (Fsp3) is 0.450. The number of ether oxygens (including phenoxy) is 1. The Morgan fingerprint density at radius 2 is 2.13 bits per heavy atom. The van der Waals surface area contributed by atoms with Crippen molar-refractivity contribution in [3.8, 4) is 0 Å². The summed E-state index contributed by atoms with van der Waals surface area (Å²) >= 11 is 0. The SMILES string of the molecule is CCNC(=O)N=S1(=O)CC=C(c2ccc(N3C[C@@H](CNC(C)=O)OC3=O)cc2F)CC1. The zero-order valence-corrected chi connectivity index (χ0v) is 18.2. The molecule has 11 heteroatoms. The molecule has 2 N–H and O–H groups in total. The number of cyclic esters (lactones) is 1. The first-order valence-corrected chi connectivity index (χ1v) is 11.8. The van der Waals surface area contributed by atoms with Crippen LogP contribution in [0, 0.1) is 5.82 Å². The molecule has 2 atom stereocenters. The lowest BCUT2D eigenvalue weighted by Crippen LogP contribution is -2.33. The molecule has 4 amide bonds. The van der Waals surface area contributed by atoms with Crippen molar-refractivity contribution >= 4 is 39.0 Å². The van der Waals surface area contributed by atoms with Gasteiger partial charge < -0.3 is 15.4 Å². The number of nitrogens with one attached hydrogen (secondary N) is 2. The van der Waals surface area contributed by atoms with Gasteiger partial charge in [0.1, 0.15) is 11.9 Å². The van der Waals surface area contributed by atoms with Crippen LogP contribution >= 0.6 is 0 Å². The number of halogens is 1. The summed E-state index contributed by atoms with van der Waals surface area (Å²) in [5, 5.41) is 5.08. The molecule has 2 aliphatic heterocycles. The van der Waals surface area contributed by atoms with Crippen molar-refractivity contribution in [1.82, 2.24) is 10.6 Å². The molecule has 0 saturated carbocycles. The second kappa shape index (κ2) is 9.46. The molecule has 1 saturated heterocycles. The summed E-state index contributed by atoms with van der Waals surface area (Å²) in [6.45, 7) is 3.90. The molecule has 1 aromatic rings. The Morgan fingerprint density at radius 1 is 1.35 bits per heavy atom. The number of hydrogen-bond donors (Lipinski definition) is 2. The van der Waals surface area contributed by atoms with E-state index in [2.05, 4.69) is 15.0 Å². The van der Waals surface area contributed by atoms with Crippen LogP contribution in [0.15, 0.2) is 28.6 Å². The summed E-state index contributed by atoms with van der Waals surface area (Å²) in [6.07, 6.45) is 0.857. The third-order valence-electron chi connectivity index (χ3n) is 4.92. The van der Waals surface area contributed by atoms with E-state index >= 15 is 0 Å². The lowest BCUT2D eigenvalue weighted by molar-refractivity contribution is -0.119. The molecule has 0 radical (unpaired) electrons. The molecule has 168 valence electrons. The second-order valence-corrected chi connectivity index (χ2v) is 9.74. The topological polar surface area (TPSA) is 117 Å². The molecule has 3 rings (SSSR count). The Morgan fingerprint density at radius 3 is 2.74 bits per heavy atom. The Balaban J connectivity index is 1.72. The number of hydrogen-bond acceptors (Lipinski definition) is 5. The van der Waals surface area contributed by atoms with Gasteiger partial charge in [-0.3, -0.25) is 9.69 Å². The summed E-state index contributed by atoms with van der Waals surface area (Å²) in [6, 6.07) is 3.84. The molecule has 0 aliphatic carbocycles. The van der Waals surface area contributed by atoms with Crippen LogP contribution in [0.5, 0.6) is 0 Å². The van der Waals surface area contributed by atoms with Crippen LogP contribution in [0.4, 0.5) is 19.7 Å². The third-order valence-corrected chi connectivity index (χ3v) is 6.95. The molecular weight excluding hydrogens is 427 g/mol. The van der Waals surface area contributed by atoms with Crippen LogP contribution in [0.2, 0.25) is 0 Å². The lowest BCUT2D eigenvalue weighted by Gasteiger charge is -2.19. The zero-order valence-electron chi connectivity index (χ0n) is 17.4. The highest BCUT2D eigenvalue weighted by molar-refractivity contribution is 7.94. The molecule has 1 unspecified atom stereocenters. The summed E-state index contributed by atoms with van der Waals surface area (Å²) in [5.41, 5.74) is 1.38. The minimum atomic E-state index is -2.70. The van der Waals surface area contributed by atoms with E-state index in [0.717, 1.165) is 0 Å². The van der Waals surface area contributed by atoms with Crippen molar-refractivity contribution in [3.05, 3.63) is 35.7 Å². The van der Waals surface area contributed by atoms with Crippen molar-refractivity contribution in [2.75, 3.05) is 36.0 Å². The Hall–Kier alpha value is -2.95. The van der Waals surface area contributed by atoms with Crippen molar-refractivity contribution in [2.45, 2.75) is 26.4 Å². The van der Waals surface area contributed by atoms with E-state index in [0.29, 0.717) is 29.8 Å². The number of carbonyl (C=O) groups is 3. The molecule has 31 heavy (non-hydrogen) atoms. The average molecular weight is 453 g/mol. The van der Waals surface area contributed by atoms with Crippen molar-refractivity contribution < 1.29 is 27.7 Å². The standard InChI is InChI=1S/C20H25FN4O5S/c1-3-22-19(27)24-31(29)8-6-14(7-9-31)17-5-4-15(10-18(17)21)25-12-16(30-20(25)28)11-23-13(2)26/h4-6,10,16H,3,7-9,11-12H2,1-2H3,(H,22,27)(H,23,26)/t16-,31?/m1/s1. The van der Waals surface area contributed by atoms with Gasteiger partial charge in [-0.05, 0) is 37.1 Å². The molecule has 1 aromatic carbocycles. The largest absolute Gasteiger partial charge is 0.442 e. The van der Waals surface area contributed by atoms with Crippen LogP contribution in [0.3, 0.4) is 0 Å². The van der Waals surface area contributed by atoms with Gasteiger partial charge in [-0.2, -0.15) is 0 Å². The molecule has 2 heterocycles. The third kappa shape index (κ3) is 5.60. The fourth-order valence-corrected chi connectivity index (χ4v) is 5.08. The van der Waals surface area contributed by atoms with Gasteiger partial charge in [-0.1, -0.05) is 6.08 Å². The van der Waals surface area contributed by atoms with Gasteiger partial charge in [-0.15, -0.1) is 4.36 Å². The predicted octanol–water partition coefficient (Wildman–Crippen LogP) is 2.27. The monoisotopic (exact) mass is 452 g/mol. The predicted molar refractivity (Wildman–Crippen MR) is 115 cm³/mol. The molecule has 9 nitrogen and oxygen atoms in total. The normalized spacial score (nSPS) is 23.1. The Kier molecular flexibility index (Phi) is 6.94. The zero-order chi connectivity index (χ0) is 22.6. The molecule has 0 bridgehead atoms. The van der Waals surface area contributed by atoms with Gasteiger partial charge in [0.15, 0.2) is 0 Å². The minimum absolute atomic E-state index is 0.0734. The van der Waals surface area contributed by atoms with E-state index in [1.807, 2.05) is 0 Å². The highest BCUT2D eigenvalue weighted by Gasteiger charge is 2.33. The van der Waals surface area contributed by atoms with E-state index in [9.17, 15) is 23.0 Å². The first-order chi connectivity index (χ1) is 14.7. The van der Waals surface area contributed by atoms with E-state index in [1.165, 1.54) is 17.9 Å². The van der Waals surface area contributed by atoms with Gasteiger partial charge in [0.2, 0.25) is 5.91 Å². The first-order valence-electron chi connectivity index (χ1n) is 9.92. The number of nitrogens with zero attached hydrogens (tertiary/aromatic N) is 2. The molecule has 0 spiro atoms. The van der Waals surface area contributed by atoms with Crippen molar-refractivity contribution in [3.63, 3.8) is 0 Å². The van der Waals surface area contributed by atoms with Gasteiger partial charge in [0.25, 0.3) is 0 Å². The van der Waals surface area contributed by atoms with Crippen LogP contribution in [0.25, 0.3) is 5.57 Å². The number of amides is 4. The van der Waals surface area contributed by atoms with Crippen LogP contribution in [-0.4, -0.2) is 59.5 Å². The summed E-state index contributed by atoms with van der Waals surface area (Å²) in [4.78, 5) is 36.1. The number of allylic oxidation sites excluding steroid dienone is 1. The molecule has 0 aromatic heterocycles. The maximum atomic E-state index is 14.8. The number of rotatable bonds is 5. The lowest BCUT2D eigenvalue weighted by atomic mass is 10.0. The number of anilines is 1. The molecular formula is C20H25FN4O5S. The van der Waals surface area contributed by atoms with Crippen molar-refractivity contribution in [2.24, 2.45) is 4.36 Å². The van der Waals surface area contributed by atoms with Gasteiger partial charge in [-0.25, -0.2) is 18.2 Å². The quantitative estimate of drug-likeness (QED) is 0.711. The highest BCUT2D eigenvalue weighted by Crippen LogP contribution is 2.30. The minimum Gasteiger partial charge on any atom is -0.442 e. The number of benzene rings is 1. The number of carbonyl (C=O) groups excluding carboxylic acids is 3. The van der Waals surface area contributed by atoms with E-state index < -0.39 is 33.8 Å². The van der Waals surface area contributed by atoms with Crippen LogP contribution < -0.4 is 15.5 Å². The van der Waals surface area contributed by atoms with Gasteiger partial charge in [0.05, 0.1) is 34.3 Å². The van der Waals surface area contributed by atoms with Gasteiger partial charge >= 0.3 is 12.1 Å². The first kappa shape index (κ1) is 22.7. The van der Waals surface area contributed by atoms with Crippen LogP contribution in [0.1, 0.15) is 25.8 Å². The fourth-order valence-electron chi connectivity index (χ4n) is 3.38. The van der Waals surface area contributed by atoms with E-state index in [-0.39, 0.29) is 30.5 Å². The Labute approximate surface area is 180 Å². The molecule has 1 fully saturated rings. The number of urea groups is 1. The highest BCUT2D eigenvalue weighted by atomic mass is 32.2. The Bertz CT molecular complexity index is 1050. The maximum Gasteiger partial charge on any atom is 0.414 e. The second-order valence-electron chi connectivity index (χ2n) is 7.27. The summed E-state index contributed by atoms with van der Waals surface area (Å²) in [7, 11) is -2.70. The van der Waals surface area contributed by atoms with E-state index in [4.69, 9.17) is 4.74 Å². The van der Waals surface area contributed by atoms with E-state index in [1.54, 1.807) is 25.1 Å². The maximum absolute atomic E-state index is 14.8. The van der Waals surface area contributed by atoms with Crippen molar-refractivity contribution in [1.29, 1.82) is 0 Å². The molecule has 2 aliphatic rings. The average Bonchev–Trinajstić information content (AvgIpc) is 3.08. The van der Waals surface area contributed by atoms with Gasteiger partial charge in [0, 0.05) is 24.8 Å². The smallest absolute Gasteiger partial charge is 0.414 e. The summed E-state index contributed by atoms with van der Waals surface area (Å²) < 4.78 is 36.5. The summed E-state index contributed by atoms with van der Waals surface area (Å²) in [5.74, 6) is -0.506. The van der Waals surface area contributed by atoms with Crippen LogP contribution in [-0.2, 0) is 19.3 Å².